The standard InChI is InChI=1S/C38H60N2O6S/c1-32(2,3)46-28(43)19-27(42)39-31-40-30-23(47-31)20-35(8)24(33(30,4)5)13-16-36(9)25(35)18-22(41)29-21(12-15-37(29,36)10)38(11)17-14-26(45-38)34(6,7)44/h21-22,24-26,29,41,44H,12-20H2,1-11H3,(H,39,40,42)/t21?,22-,24+,25-,26+,29+,35+,36-,37-,38+/m1/s1. The van der Waals surface area contributed by atoms with Gasteiger partial charge in [0.2, 0.25) is 5.91 Å². The zero-order valence-corrected chi connectivity index (χ0v) is 31.5. The molecule has 47 heavy (non-hydrogen) atoms. The number of fused-ring (bicyclic) bond motifs is 6. The van der Waals surface area contributed by atoms with Gasteiger partial charge in [-0.3, -0.25) is 9.59 Å². The minimum absolute atomic E-state index is 0.0217. The van der Waals surface area contributed by atoms with Gasteiger partial charge < -0.3 is 25.0 Å². The van der Waals surface area contributed by atoms with E-state index in [1.165, 1.54) is 4.88 Å². The summed E-state index contributed by atoms with van der Waals surface area (Å²) in [6, 6.07) is 0. The third-order valence-corrected chi connectivity index (χ3v) is 15.2. The molecule has 1 amide bonds. The Balaban J connectivity index is 1.26. The van der Waals surface area contributed by atoms with Crippen LogP contribution in [0.3, 0.4) is 0 Å². The Bertz CT molecular complexity index is 1430. The Morgan fingerprint density at radius 2 is 1.64 bits per heavy atom. The number of aliphatic hydroxyl groups excluding tert-OH is 1. The van der Waals surface area contributed by atoms with Gasteiger partial charge in [0.25, 0.3) is 0 Å². The van der Waals surface area contributed by atoms with Gasteiger partial charge in [-0.1, -0.05) is 34.6 Å². The van der Waals surface area contributed by atoms with Crippen LogP contribution in [0, 0.1) is 39.9 Å². The van der Waals surface area contributed by atoms with Gasteiger partial charge >= 0.3 is 5.97 Å². The normalized spacial score (nSPS) is 42.6. The predicted octanol–water partition coefficient (Wildman–Crippen LogP) is 7.19. The molecule has 4 aliphatic carbocycles. The monoisotopic (exact) mass is 672 g/mol. The fourth-order valence-corrected chi connectivity index (χ4v) is 13.4. The molecule has 2 heterocycles. The summed E-state index contributed by atoms with van der Waals surface area (Å²) in [5.74, 6) is 0.207. The number of hydrogen-bond donors (Lipinski definition) is 3. The van der Waals surface area contributed by atoms with Gasteiger partial charge in [-0.2, -0.15) is 0 Å². The van der Waals surface area contributed by atoms with Crippen molar-refractivity contribution in [3.63, 3.8) is 0 Å². The van der Waals surface area contributed by atoms with Crippen molar-refractivity contribution >= 4 is 28.3 Å². The fraction of sp³-hybridized carbons (Fsp3) is 0.868. The number of aliphatic hydroxyl groups is 2. The first kappa shape index (κ1) is 35.3. The summed E-state index contributed by atoms with van der Waals surface area (Å²) in [4.78, 5) is 31.3. The summed E-state index contributed by atoms with van der Waals surface area (Å²) in [5, 5.41) is 26.5. The number of amides is 1. The first-order valence-electron chi connectivity index (χ1n) is 18.0. The smallest absolute Gasteiger partial charge is 0.315 e. The molecular weight excluding hydrogens is 612 g/mol. The fourth-order valence-electron chi connectivity index (χ4n) is 12.1. The van der Waals surface area contributed by atoms with E-state index in [1.54, 1.807) is 32.1 Å². The van der Waals surface area contributed by atoms with Crippen molar-refractivity contribution in [3.8, 4) is 0 Å². The lowest BCUT2D eigenvalue weighted by atomic mass is 9.35. The number of nitrogens with one attached hydrogen (secondary N) is 1. The second-order valence-electron chi connectivity index (χ2n) is 19.1. The van der Waals surface area contributed by atoms with Gasteiger partial charge in [-0.05, 0) is 133 Å². The van der Waals surface area contributed by atoms with Gasteiger partial charge in [0.05, 0.1) is 29.1 Å². The molecule has 8 nitrogen and oxygen atoms in total. The van der Waals surface area contributed by atoms with Crippen molar-refractivity contribution < 1.29 is 29.3 Å². The Labute approximate surface area is 286 Å². The van der Waals surface area contributed by atoms with Crippen molar-refractivity contribution in [3.05, 3.63) is 10.6 Å². The van der Waals surface area contributed by atoms with E-state index in [4.69, 9.17) is 14.5 Å². The van der Waals surface area contributed by atoms with Gasteiger partial charge in [0, 0.05) is 10.3 Å². The number of nitrogens with zero attached hydrogens (tertiary/aromatic N) is 1. The number of carbonyl (C=O) groups excluding carboxylic acids is 2. The van der Waals surface area contributed by atoms with Crippen molar-refractivity contribution in [1.82, 2.24) is 4.98 Å². The van der Waals surface area contributed by atoms with Crippen LogP contribution in [0.2, 0.25) is 0 Å². The Morgan fingerprint density at radius 3 is 2.26 bits per heavy atom. The SMILES string of the molecule is CC(C)(C)OC(=O)CC(=O)Nc1nc2c(s1)C[C@]1(C)[C@H]3C[C@@H](O)[C@@H]4C([C@]5(C)CC[C@@H](C(C)(C)O)O5)CC[C@@]4(C)[C@]3(C)CC[C@H]1C2(C)C. The van der Waals surface area contributed by atoms with Crippen molar-refractivity contribution in [1.29, 1.82) is 0 Å². The molecule has 264 valence electrons. The highest BCUT2D eigenvalue weighted by atomic mass is 32.1. The molecule has 1 saturated heterocycles. The van der Waals surface area contributed by atoms with Crippen LogP contribution >= 0.6 is 11.3 Å². The van der Waals surface area contributed by atoms with E-state index in [1.807, 2.05) is 13.8 Å². The van der Waals surface area contributed by atoms with Crippen molar-refractivity contribution in [2.24, 2.45) is 39.9 Å². The van der Waals surface area contributed by atoms with E-state index in [0.717, 1.165) is 57.1 Å². The van der Waals surface area contributed by atoms with Crippen LogP contribution in [0.1, 0.15) is 138 Å². The summed E-state index contributed by atoms with van der Waals surface area (Å²) in [6.45, 7) is 23.4. The first-order valence-corrected chi connectivity index (χ1v) is 18.9. The van der Waals surface area contributed by atoms with Crippen LogP contribution in [0.4, 0.5) is 5.13 Å². The molecule has 3 saturated carbocycles. The van der Waals surface area contributed by atoms with E-state index < -0.39 is 29.2 Å². The molecule has 0 spiro atoms. The van der Waals surface area contributed by atoms with Crippen LogP contribution in [0.5, 0.6) is 0 Å². The number of esters is 1. The van der Waals surface area contributed by atoms with E-state index >= 15 is 0 Å². The lowest BCUT2D eigenvalue weighted by Gasteiger charge is -2.69. The van der Waals surface area contributed by atoms with Crippen LogP contribution < -0.4 is 5.32 Å². The molecule has 6 rings (SSSR count). The van der Waals surface area contributed by atoms with Crippen LogP contribution in [-0.2, 0) is 30.9 Å². The first-order chi connectivity index (χ1) is 21.4. The van der Waals surface area contributed by atoms with E-state index in [9.17, 15) is 19.8 Å². The molecule has 3 N–H and O–H groups in total. The number of anilines is 1. The summed E-state index contributed by atoms with van der Waals surface area (Å²) >= 11 is 1.54. The zero-order valence-electron chi connectivity index (χ0n) is 30.7. The summed E-state index contributed by atoms with van der Waals surface area (Å²) in [6.07, 6.45) is 6.87. The maximum absolute atomic E-state index is 12.8. The third kappa shape index (κ3) is 5.52. The number of rotatable bonds is 5. The number of ether oxygens (including phenoxy) is 2. The van der Waals surface area contributed by atoms with E-state index in [2.05, 4.69) is 46.9 Å². The molecule has 1 unspecified atom stereocenters. The summed E-state index contributed by atoms with van der Waals surface area (Å²) < 4.78 is 12.1. The zero-order chi connectivity index (χ0) is 34.8. The number of carbonyl (C=O) groups is 2. The average Bonchev–Trinajstić information content (AvgIpc) is 3.60. The number of thiazole rings is 1. The molecule has 0 aromatic carbocycles. The topological polar surface area (TPSA) is 118 Å². The molecule has 5 aliphatic rings. The molecule has 10 atom stereocenters. The second kappa shape index (κ2) is 11.0. The largest absolute Gasteiger partial charge is 0.460 e. The van der Waals surface area contributed by atoms with Crippen LogP contribution in [0.25, 0.3) is 0 Å². The van der Waals surface area contributed by atoms with Crippen molar-refractivity contribution in [2.75, 3.05) is 5.32 Å². The lowest BCUT2D eigenvalue weighted by molar-refractivity contribution is -0.227. The van der Waals surface area contributed by atoms with Crippen molar-refractivity contribution in [2.45, 2.75) is 168 Å². The summed E-state index contributed by atoms with van der Waals surface area (Å²) in [5.41, 5.74) is -1.00. The van der Waals surface area contributed by atoms with E-state index in [-0.39, 0.29) is 51.6 Å². The minimum atomic E-state index is -0.876. The highest BCUT2D eigenvalue weighted by molar-refractivity contribution is 7.15. The molecule has 4 fully saturated rings. The Morgan fingerprint density at radius 1 is 0.979 bits per heavy atom. The van der Waals surface area contributed by atoms with E-state index in [0.29, 0.717) is 17.0 Å². The third-order valence-electron chi connectivity index (χ3n) is 14.2. The highest BCUT2D eigenvalue weighted by Crippen LogP contribution is 2.76. The maximum Gasteiger partial charge on any atom is 0.315 e. The molecular formula is C38H60N2O6S. The van der Waals surface area contributed by atoms with Crippen LogP contribution in [-0.4, -0.2) is 56.1 Å². The van der Waals surface area contributed by atoms with Gasteiger partial charge in [0.1, 0.15) is 12.0 Å². The molecule has 0 bridgehead atoms. The number of hydrogen-bond acceptors (Lipinski definition) is 8. The van der Waals surface area contributed by atoms with Gasteiger partial charge in [0.15, 0.2) is 5.13 Å². The Kier molecular flexibility index (Phi) is 8.24. The molecule has 0 radical (unpaired) electrons. The maximum atomic E-state index is 12.8. The summed E-state index contributed by atoms with van der Waals surface area (Å²) in [7, 11) is 0. The predicted molar refractivity (Wildman–Crippen MR) is 184 cm³/mol. The average molecular weight is 673 g/mol. The Hall–Kier alpha value is -1.55. The van der Waals surface area contributed by atoms with Crippen LogP contribution in [0.15, 0.2) is 0 Å². The highest BCUT2D eigenvalue weighted by Gasteiger charge is 2.72. The quantitative estimate of drug-likeness (QED) is 0.224. The lowest BCUT2D eigenvalue weighted by Crippen LogP contribution is -2.66. The molecule has 9 heteroatoms. The molecule has 1 aromatic rings. The van der Waals surface area contributed by atoms with Gasteiger partial charge in [-0.15, -0.1) is 11.3 Å². The minimum Gasteiger partial charge on any atom is -0.460 e. The second-order valence-corrected chi connectivity index (χ2v) is 20.2. The van der Waals surface area contributed by atoms with Gasteiger partial charge in [-0.25, -0.2) is 4.98 Å². The number of aromatic nitrogens is 1. The molecule has 1 aromatic heterocycles. The molecule has 1 aliphatic heterocycles.